The average Bonchev–Trinajstić information content (AvgIpc) is 3.03. The van der Waals surface area contributed by atoms with E-state index in [0.29, 0.717) is 22.3 Å². The SMILES string of the molecule is N#C/C(=C\c1cn(CC(=O)O)c2ccccc12)C(=O)Nc1ccc(C#N)cc1. The molecule has 0 unspecified atom stereocenters. The normalized spacial score (nSPS) is 10.9. The van der Waals surface area contributed by atoms with Gasteiger partial charge in [-0.1, -0.05) is 18.2 Å². The maximum atomic E-state index is 12.5. The van der Waals surface area contributed by atoms with Crippen LogP contribution < -0.4 is 5.32 Å². The number of carboxylic acid groups (broad SMARTS) is 1. The van der Waals surface area contributed by atoms with Crippen LogP contribution in [0, 0.1) is 22.7 Å². The van der Waals surface area contributed by atoms with Gasteiger partial charge in [0, 0.05) is 28.4 Å². The van der Waals surface area contributed by atoms with Gasteiger partial charge in [-0.05, 0) is 36.4 Å². The third-order valence-electron chi connectivity index (χ3n) is 4.06. The molecule has 0 radical (unpaired) electrons. The Kier molecular flexibility index (Phi) is 5.20. The zero-order valence-corrected chi connectivity index (χ0v) is 14.6. The molecule has 0 fully saturated rings. The molecule has 1 aromatic heterocycles. The number of para-hydroxylation sites is 1. The van der Waals surface area contributed by atoms with Crippen molar-refractivity contribution in [1.29, 1.82) is 10.5 Å². The summed E-state index contributed by atoms with van der Waals surface area (Å²) < 4.78 is 1.55. The Bertz CT molecular complexity index is 1180. The number of hydrogen-bond acceptors (Lipinski definition) is 4. The van der Waals surface area contributed by atoms with Gasteiger partial charge in [-0.25, -0.2) is 0 Å². The van der Waals surface area contributed by atoms with Crippen molar-refractivity contribution >= 4 is 34.5 Å². The zero-order valence-electron chi connectivity index (χ0n) is 14.6. The van der Waals surface area contributed by atoms with Gasteiger partial charge in [0.25, 0.3) is 5.91 Å². The number of nitriles is 2. The summed E-state index contributed by atoms with van der Waals surface area (Å²) >= 11 is 0. The van der Waals surface area contributed by atoms with Crippen molar-refractivity contribution in [2.75, 3.05) is 5.32 Å². The minimum Gasteiger partial charge on any atom is -0.480 e. The molecule has 28 heavy (non-hydrogen) atoms. The second-order valence-corrected chi connectivity index (χ2v) is 5.94. The van der Waals surface area contributed by atoms with Crippen molar-refractivity contribution in [2.24, 2.45) is 0 Å². The summed E-state index contributed by atoms with van der Waals surface area (Å²) in [5, 5.41) is 30.7. The summed E-state index contributed by atoms with van der Waals surface area (Å²) in [5.41, 5.74) is 2.06. The molecular formula is C21H14N4O3. The second kappa shape index (κ2) is 7.90. The van der Waals surface area contributed by atoms with Crippen molar-refractivity contribution in [3.05, 3.63) is 71.4 Å². The summed E-state index contributed by atoms with van der Waals surface area (Å²) in [4.78, 5) is 23.5. The fraction of sp³-hybridized carbons (Fsp3) is 0.0476. The number of carbonyl (C=O) groups excluding carboxylic acids is 1. The van der Waals surface area contributed by atoms with Crippen molar-refractivity contribution in [3.8, 4) is 12.1 Å². The molecule has 3 aromatic rings. The lowest BCUT2D eigenvalue weighted by Crippen LogP contribution is -2.13. The largest absolute Gasteiger partial charge is 0.480 e. The van der Waals surface area contributed by atoms with Crippen LogP contribution in [0.2, 0.25) is 0 Å². The number of rotatable bonds is 5. The number of carbonyl (C=O) groups is 2. The molecule has 1 amide bonds. The molecule has 2 N–H and O–H groups in total. The highest BCUT2D eigenvalue weighted by Crippen LogP contribution is 2.24. The number of benzene rings is 2. The second-order valence-electron chi connectivity index (χ2n) is 5.94. The first-order valence-electron chi connectivity index (χ1n) is 8.25. The van der Waals surface area contributed by atoms with Crippen molar-refractivity contribution < 1.29 is 14.7 Å². The van der Waals surface area contributed by atoms with Crippen LogP contribution in [0.1, 0.15) is 11.1 Å². The Labute approximate surface area is 160 Å². The van der Waals surface area contributed by atoms with Crippen LogP contribution in [0.3, 0.4) is 0 Å². The fourth-order valence-electron chi connectivity index (χ4n) is 2.80. The Balaban J connectivity index is 1.93. The smallest absolute Gasteiger partial charge is 0.323 e. The first-order chi connectivity index (χ1) is 13.5. The van der Waals surface area contributed by atoms with Crippen LogP contribution in [0.4, 0.5) is 5.69 Å². The van der Waals surface area contributed by atoms with Crippen molar-refractivity contribution in [1.82, 2.24) is 4.57 Å². The van der Waals surface area contributed by atoms with Gasteiger partial charge in [-0.15, -0.1) is 0 Å². The van der Waals surface area contributed by atoms with Gasteiger partial charge >= 0.3 is 5.97 Å². The molecule has 0 bridgehead atoms. The fourth-order valence-corrected chi connectivity index (χ4v) is 2.80. The number of nitrogens with one attached hydrogen (secondary N) is 1. The molecule has 1 heterocycles. The maximum Gasteiger partial charge on any atom is 0.323 e. The van der Waals surface area contributed by atoms with Crippen LogP contribution >= 0.6 is 0 Å². The van der Waals surface area contributed by atoms with Gasteiger partial charge in [0.15, 0.2) is 0 Å². The number of hydrogen-bond donors (Lipinski definition) is 2. The van der Waals surface area contributed by atoms with E-state index < -0.39 is 11.9 Å². The molecule has 2 aromatic carbocycles. The Morgan fingerprint density at radius 3 is 2.46 bits per heavy atom. The molecule has 0 aliphatic rings. The number of amides is 1. The summed E-state index contributed by atoms with van der Waals surface area (Å²) in [5.74, 6) is -1.59. The molecule has 0 aliphatic carbocycles. The molecule has 0 atom stereocenters. The van der Waals surface area contributed by atoms with Crippen molar-refractivity contribution in [2.45, 2.75) is 6.54 Å². The van der Waals surface area contributed by atoms with Crippen LogP contribution in [0.5, 0.6) is 0 Å². The predicted octanol–water partition coefficient (Wildman–Crippen LogP) is 3.14. The van der Waals surface area contributed by atoms with Gasteiger partial charge in [0.1, 0.15) is 18.2 Å². The van der Waals surface area contributed by atoms with E-state index in [0.717, 1.165) is 5.39 Å². The highest BCUT2D eigenvalue weighted by molar-refractivity contribution is 6.10. The van der Waals surface area contributed by atoms with E-state index in [2.05, 4.69) is 5.32 Å². The number of aliphatic carboxylic acids is 1. The molecule has 0 spiro atoms. The third-order valence-corrected chi connectivity index (χ3v) is 4.06. The van der Waals surface area contributed by atoms with Gasteiger partial charge in [0.2, 0.25) is 0 Å². The lowest BCUT2D eigenvalue weighted by atomic mass is 10.1. The summed E-state index contributed by atoms with van der Waals surface area (Å²) in [6.45, 7) is -0.228. The molecule has 3 rings (SSSR count). The molecule has 7 heteroatoms. The van der Waals surface area contributed by atoms with Crippen molar-refractivity contribution in [3.63, 3.8) is 0 Å². The average molecular weight is 370 g/mol. The Morgan fingerprint density at radius 2 is 1.82 bits per heavy atom. The van der Waals surface area contributed by atoms with E-state index in [-0.39, 0.29) is 12.1 Å². The van der Waals surface area contributed by atoms with Gasteiger partial charge in [0.05, 0.1) is 11.6 Å². The van der Waals surface area contributed by atoms with E-state index in [1.165, 1.54) is 6.08 Å². The number of nitrogens with zero attached hydrogens (tertiary/aromatic N) is 3. The summed E-state index contributed by atoms with van der Waals surface area (Å²) in [6, 6.07) is 17.3. The molecule has 0 saturated carbocycles. The Hall–Kier alpha value is -4.36. The van der Waals surface area contributed by atoms with Crippen LogP contribution in [-0.2, 0) is 16.1 Å². The lowest BCUT2D eigenvalue weighted by Gasteiger charge is -2.04. The van der Waals surface area contributed by atoms with Gasteiger partial charge in [-0.3, -0.25) is 9.59 Å². The molecule has 7 nitrogen and oxygen atoms in total. The summed E-state index contributed by atoms with van der Waals surface area (Å²) in [7, 11) is 0. The predicted molar refractivity (Wildman–Crippen MR) is 103 cm³/mol. The van der Waals surface area contributed by atoms with E-state index in [1.807, 2.05) is 12.1 Å². The van der Waals surface area contributed by atoms with E-state index in [9.17, 15) is 14.9 Å². The molecule has 136 valence electrons. The highest BCUT2D eigenvalue weighted by Gasteiger charge is 2.13. The lowest BCUT2D eigenvalue weighted by molar-refractivity contribution is -0.137. The summed E-state index contributed by atoms with van der Waals surface area (Å²) in [6.07, 6.45) is 3.03. The number of anilines is 1. The molecule has 0 aliphatic heterocycles. The Morgan fingerprint density at radius 1 is 1.11 bits per heavy atom. The monoisotopic (exact) mass is 370 g/mol. The van der Waals surface area contributed by atoms with Crippen LogP contribution in [0.15, 0.2) is 60.3 Å². The van der Waals surface area contributed by atoms with Crippen LogP contribution in [0.25, 0.3) is 17.0 Å². The topological polar surface area (TPSA) is 119 Å². The minimum absolute atomic E-state index is 0.123. The quantitative estimate of drug-likeness (QED) is 0.528. The highest BCUT2D eigenvalue weighted by atomic mass is 16.4. The van der Waals surface area contributed by atoms with Crippen LogP contribution in [-0.4, -0.2) is 21.6 Å². The van der Waals surface area contributed by atoms with E-state index in [1.54, 1.807) is 59.3 Å². The third kappa shape index (κ3) is 3.90. The van der Waals surface area contributed by atoms with Gasteiger partial charge < -0.3 is 15.0 Å². The number of carboxylic acids is 1. The zero-order chi connectivity index (χ0) is 20.1. The molecule has 0 saturated heterocycles. The maximum absolute atomic E-state index is 12.5. The standard InChI is InChI=1S/C21H14N4O3/c22-10-14-5-7-17(8-6-14)24-21(28)15(11-23)9-16-12-25(13-20(26)27)19-4-2-1-3-18(16)19/h1-9,12H,13H2,(H,24,28)(H,26,27)/b15-9+. The minimum atomic E-state index is -0.990. The first-order valence-corrected chi connectivity index (χ1v) is 8.25. The molecular weight excluding hydrogens is 356 g/mol. The number of aromatic nitrogens is 1. The first kappa shape index (κ1) is 18.4. The van der Waals surface area contributed by atoms with E-state index in [4.69, 9.17) is 10.4 Å². The number of fused-ring (bicyclic) bond motifs is 1. The van der Waals surface area contributed by atoms with E-state index >= 15 is 0 Å². The van der Waals surface area contributed by atoms with Gasteiger partial charge in [-0.2, -0.15) is 10.5 Å².